The highest BCUT2D eigenvalue weighted by molar-refractivity contribution is 7.83. The lowest BCUT2D eigenvalue weighted by molar-refractivity contribution is 1.18. The summed E-state index contributed by atoms with van der Waals surface area (Å²) in [6, 6.07) is 12.1. The minimum atomic E-state index is 0.237. The number of hydrogen-bond donors (Lipinski definition) is 3. The lowest BCUT2D eigenvalue weighted by Crippen LogP contribution is -1.95. The monoisotopic (exact) mass is 351 g/mol. The zero-order valence-electron chi connectivity index (χ0n) is 12.5. The van der Waals surface area contributed by atoms with E-state index in [2.05, 4.69) is 22.6 Å². The summed E-state index contributed by atoms with van der Waals surface area (Å²) in [6.07, 6.45) is 3.34. The Bertz CT molecular complexity index is 1030. The summed E-state index contributed by atoms with van der Waals surface area (Å²) in [4.78, 5) is 13.7. The van der Waals surface area contributed by atoms with Crippen LogP contribution in [0.4, 0.5) is 11.6 Å². The van der Waals surface area contributed by atoms with Crippen molar-refractivity contribution in [3.05, 3.63) is 48.8 Å². The van der Waals surface area contributed by atoms with Crippen molar-refractivity contribution in [2.75, 3.05) is 11.5 Å². The van der Waals surface area contributed by atoms with E-state index >= 15 is 0 Å². The number of nitrogens with two attached hydrogens (primary N) is 2. The summed E-state index contributed by atoms with van der Waals surface area (Å²) in [5.74, 6) is 0.237. The summed E-state index contributed by atoms with van der Waals surface area (Å²) < 4.78 is 0.764. The standard InChI is InChI=1S/C17H13N5S2/c18-14-13-11(9-4-2-1-3-5-9)6-12(22-15(13)24-16(14)23)10-7-20-17(19)21-8-10/h1-8,23H,18H2,(H2,19,20,21). The third-order valence-corrected chi connectivity index (χ3v) is 5.15. The van der Waals surface area contributed by atoms with Crippen molar-refractivity contribution in [2.45, 2.75) is 4.21 Å². The van der Waals surface area contributed by atoms with Gasteiger partial charge in [-0.05, 0) is 17.2 Å². The summed E-state index contributed by atoms with van der Waals surface area (Å²) >= 11 is 5.93. The van der Waals surface area contributed by atoms with Gasteiger partial charge in [0.25, 0.3) is 0 Å². The van der Waals surface area contributed by atoms with Crippen molar-refractivity contribution < 1.29 is 0 Å². The van der Waals surface area contributed by atoms with E-state index in [0.717, 1.165) is 36.8 Å². The summed E-state index contributed by atoms with van der Waals surface area (Å²) in [5.41, 5.74) is 16.1. The average Bonchev–Trinajstić information content (AvgIpc) is 2.90. The highest BCUT2D eigenvalue weighted by atomic mass is 32.2. The Kier molecular flexibility index (Phi) is 3.59. The van der Waals surface area contributed by atoms with Crippen molar-refractivity contribution in [3.8, 4) is 22.4 Å². The van der Waals surface area contributed by atoms with Crippen LogP contribution in [-0.2, 0) is 0 Å². The summed E-state index contributed by atoms with van der Waals surface area (Å²) in [6.45, 7) is 0. The van der Waals surface area contributed by atoms with Crippen LogP contribution in [0.1, 0.15) is 0 Å². The molecule has 0 radical (unpaired) electrons. The number of anilines is 2. The van der Waals surface area contributed by atoms with E-state index in [1.165, 1.54) is 11.3 Å². The highest BCUT2D eigenvalue weighted by Gasteiger charge is 2.16. The number of rotatable bonds is 2. The minimum Gasteiger partial charge on any atom is -0.397 e. The number of pyridine rings is 1. The van der Waals surface area contributed by atoms with Crippen molar-refractivity contribution in [3.63, 3.8) is 0 Å². The van der Waals surface area contributed by atoms with E-state index in [1.54, 1.807) is 12.4 Å². The molecule has 0 bridgehead atoms. The fourth-order valence-corrected chi connectivity index (χ4v) is 3.81. The van der Waals surface area contributed by atoms with Crippen LogP contribution in [0.15, 0.2) is 53.0 Å². The quantitative estimate of drug-likeness (QED) is 0.477. The van der Waals surface area contributed by atoms with Crippen LogP contribution in [0.2, 0.25) is 0 Å². The molecule has 0 aliphatic carbocycles. The second-order valence-electron chi connectivity index (χ2n) is 5.25. The van der Waals surface area contributed by atoms with Gasteiger partial charge in [0.05, 0.1) is 15.6 Å². The molecular weight excluding hydrogens is 338 g/mol. The van der Waals surface area contributed by atoms with E-state index in [1.807, 2.05) is 36.4 Å². The van der Waals surface area contributed by atoms with Crippen molar-refractivity contribution in [1.29, 1.82) is 0 Å². The van der Waals surface area contributed by atoms with Crippen LogP contribution in [0.5, 0.6) is 0 Å². The van der Waals surface area contributed by atoms with Crippen LogP contribution >= 0.6 is 24.0 Å². The predicted molar refractivity (Wildman–Crippen MR) is 102 cm³/mol. The fraction of sp³-hybridized carbons (Fsp3) is 0. The maximum atomic E-state index is 6.24. The normalized spacial score (nSPS) is 11.0. The minimum absolute atomic E-state index is 0.237. The van der Waals surface area contributed by atoms with Gasteiger partial charge in [0.1, 0.15) is 4.83 Å². The number of thiophene rings is 1. The van der Waals surface area contributed by atoms with Crippen LogP contribution in [0.25, 0.3) is 32.6 Å². The zero-order valence-corrected chi connectivity index (χ0v) is 14.2. The average molecular weight is 351 g/mol. The maximum absolute atomic E-state index is 6.24. The first kappa shape index (κ1) is 14.9. The van der Waals surface area contributed by atoms with E-state index in [9.17, 15) is 0 Å². The van der Waals surface area contributed by atoms with Crippen LogP contribution in [0, 0.1) is 0 Å². The molecule has 0 amide bonds. The number of nitrogen functional groups attached to an aromatic ring is 2. The van der Waals surface area contributed by atoms with E-state index in [4.69, 9.17) is 16.5 Å². The molecule has 4 N–H and O–H groups in total. The van der Waals surface area contributed by atoms with E-state index in [0.29, 0.717) is 5.69 Å². The van der Waals surface area contributed by atoms with Gasteiger partial charge in [-0.25, -0.2) is 15.0 Å². The zero-order chi connectivity index (χ0) is 16.7. The molecule has 0 aliphatic heterocycles. The summed E-state index contributed by atoms with van der Waals surface area (Å²) in [7, 11) is 0. The molecule has 3 heterocycles. The topological polar surface area (TPSA) is 90.7 Å². The molecule has 5 nitrogen and oxygen atoms in total. The van der Waals surface area contributed by atoms with Crippen molar-refractivity contribution >= 4 is 45.8 Å². The number of fused-ring (bicyclic) bond motifs is 1. The molecule has 0 spiro atoms. The molecule has 4 aromatic rings. The number of thiol groups is 1. The van der Waals surface area contributed by atoms with E-state index < -0.39 is 0 Å². The Morgan fingerprint density at radius 3 is 2.38 bits per heavy atom. The van der Waals surface area contributed by atoms with Gasteiger partial charge in [0.2, 0.25) is 5.95 Å². The van der Waals surface area contributed by atoms with Gasteiger partial charge in [-0.15, -0.1) is 24.0 Å². The van der Waals surface area contributed by atoms with Gasteiger partial charge in [-0.1, -0.05) is 30.3 Å². The Hall–Kier alpha value is -2.64. The van der Waals surface area contributed by atoms with Crippen molar-refractivity contribution in [2.24, 2.45) is 0 Å². The lowest BCUT2D eigenvalue weighted by atomic mass is 10.0. The van der Waals surface area contributed by atoms with Gasteiger partial charge < -0.3 is 11.5 Å². The van der Waals surface area contributed by atoms with Crippen LogP contribution in [0.3, 0.4) is 0 Å². The molecule has 7 heteroatoms. The van der Waals surface area contributed by atoms with Gasteiger partial charge in [-0.2, -0.15) is 0 Å². The third-order valence-electron chi connectivity index (χ3n) is 3.73. The van der Waals surface area contributed by atoms with Gasteiger partial charge in [-0.3, -0.25) is 0 Å². The largest absolute Gasteiger partial charge is 0.397 e. The van der Waals surface area contributed by atoms with Gasteiger partial charge in [0, 0.05) is 23.3 Å². The lowest BCUT2D eigenvalue weighted by Gasteiger charge is -2.08. The Balaban J connectivity index is 2.03. The number of hydrogen-bond acceptors (Lipinski definition) is 7. The second-order valence-corrected chi connectivity index (χ2v) is 7.00. The third kappa shape index (κ3) is 2.47. The van der Waals surface area contributed by atoms with Crippen LogP contribution < -0.4 is 11.5 Å². The number of benzene rings is 1. The molecule has 0 saturated heterocycles. The summed E-state index contributed by atoms with van der Waals surface area (Å²) in [5, 5.41) is 0.927. The molecule has 24 heavy (non-hydrogen) atoms. The Morgan fingerprint density at radius 1 is 0.958 bits per heavy atom. The Morgan fingerprint density at radius 2 is 1.67 bits per heavy atom. The first-order valence-corrected chi connectivity index (χ1v) is 8.45. The molecule has 0 fully saturated rings. The maximum Gasteiger partial charge on any atom is 0.219 e. The molecular formula is C17H13N5S2. The Labute approximate surface area is 147 Å². The number of nitrogens with zero attached hydrogens (tertiary/aromatic N) is 3. The second kappa shape index (κ2) is 5.77. The number of aromatic nitrogens is 3. The molecule has 0 unspecified atom stereocenters. The van der Waals surface area contributed by atoms with Crippen LogP contribution in [-0.4, -0.2) is 15.0 Å². The van der Waals surface area contributed by atoms with Gasteiger partial charge >= 0.3 is 0 Å². The molecule has 0 atom stereocenters. The molecule has 1 aromatic carbocycles. The van der Waals surface area contributed by atoms with Gasteiger partial charge in [0.15, 0.2) is 0 Å². The molecule has 0 aliphatic rings. The fourth-order valence-electron chi connectivity index (χ4n) is 2.57. The molecule has 3 aromatic heterocycles. The molecule has 0 saturated carbocycles. The molecule has 118 valence electrons. The SMILES string of the molecule is Nc1ncc(-c2cc(-c3ccccc3)c3c(N)c(S)sc3n2)cn1. The molecule has 4 rings (SSSR count). The van der Waals surface area contributed by atoms with Crippen molar-refractivity contribution in [1.82, 2.24) is 15.0 Å². The van der Waals surface area contributed by atoms with E-state index in [-0.39, 0.29) is 5.95 Å². The first-order chi connectivity index (χ1) is 11.6. The predicted octanol–water partition coefficient (Wildman–Crippen LogP) is 3.87. The first-order valence-electron chi connectivity index (χ1n) is 7.19. The smallest absolute Gasteiger partial charge is 0.219 e. The highest BCUT2D eigenvalue weighted by Crippen LogP contribution is 2.42.